The second-order valence-corrected chi connectivity index (χ2v) is 4.64. The monoisotopic (exact) mass is 348 g/mol. The molecule has 12 nitrogen and oxygen atoms in total. The Hall–Kier alpha value is -3.62. The SMILES string of the molecule is CCC(=O)ONC(C)=NCC#CCc1[nH]c(=O)n(-c2nn[nH]n2)c1O. The Morgan fingerprint density at radius 2 is 2.28 bits per heavy atom. The molecule has 0 aliphatic rings. The van der Waals surface area contributed by atoms with E-state index in [0.717, 1.165) is 4.57 Å². The highest BCUT2D eigenvalue weighted by atomic mass is 16.7. The molecule has 0 atom stereocenters. The quantitative estimate of drug-likeness (QED) is 0.232. The van der Waals surface area contributed by atoms with Gasteiger partial charge in [-0.05, 0) is 12.1 Å². The zero-order valence-corrected chi connectivity index (χ0v) is 13.5. The highest BCUT2D eigenvalue weighted by Gasteiger charge is 2.16. The van der Waals surface area contributed by atoms with Crippen LogP contribution in [0.25, 0.3) is 5.95 Å². The molecule has 0 amide bonds. The zero-order valence-electron chi connectivity index (χ0n) is 13.5. The molecule has 0 aliphatic heterocycles. The van der Waals surface area contributed by atoms with Crippen molar-refractivity contribution in [3.05, 3.63) is 16.2 Å². The minimum absolute atomic E-state index is 0.0779. The van der Waals surface area contributed by atoms with Gasteiger partial charge in [0.2, 0.25) is 5.88 Å². The number of imidazole rings is 1. The van der Waals surface area contributed by atoms with Gasteiger partial charge < -0.3 is 14.9 Å². The molecular weight excluding hydrogens is 332 g/mol. The van der Waals surface area contributed by atoms with Crippen molar-refractivity contribution in [2.75, 3.05) is 6.54 Å². The molecule has 132 valence electrons. The van der Waals surface area contributed by atoms with Crippen LogP contribution in [-0.2, 0) is 16.1 Å². The maximum absolute atomic E-state index is 11.8. The molecular formula is C13H16N8O4. The highest BCUT2D eigenvalue weighted by Crippen LogP contribution is 2.14. The Labute approximate surface area is 141 Å². The predicted octanol–water partition coefficient (Wildman–Crippen LogP) is -1.19. The topological polar surface area (TPSA) is 163 Å². The van der Waals surface area contributed by atoms with Gasteiger partial charge in [0.05, 0.1) is 12.1 Å². The summed E-state index contributed by atoms with van der Waals surface area (Å²) in [5.74, 6) is 5.09. The number of nitrogens with one attached hydrogen (secondary N) is 3. The molecule has 2 rings (SSSR count). The van der Waals surface area contributed by atoms with Crippen LogP contribution < -0.4 is 11.2 Å². The van der Waals surface area contributed by atoms with Gasteiger partial charge in [-0.2, -0.15) is 9.78 Å². The third kappa shape index (κ3) is 4.67. The Morgan fingerprint density at radius 1 is 1.48 bits per heavy atom. The summed E-state index contributed by atoms with van der Waals surface area (Å²) >= 11 is 0. The van der Waals surface area contributed by atoms with E-state index in [4.69, 9.17) is 0 Å². The number of hydrogen-bond donors (Lipinski definition) is 4. The molecule has 12 heteroatoms. The molecule has 0 spiro atoms. The van der Waals surface area contributed by atoms with E-state index >= 15 is 0 Å². The molecule has 0 aliphatic carbocycles. The first-order valence-corrected chi connectivity index (χ1v) is 7.22. The lowest BCUT2D eigenvalue weighted by Gasteiger charge is -2.03. The van der Waals surface area contributed by atoms with Crippen LogP contribution in [0.2, 0.25) is 0 Å². The molecule has 2 aromatic rings. The summed E-state index contributed by atoms with van der Waals surface area (Å²) in [5.41, 5.74) is 2.01. The number of carbonyl (C=O) groups is 1. The first-order valence-electron chi connectivity index (χ1n) is 7.22. The molecule has 0 saturated heterocycles. The fourth-order valence-electron chi connectivity index (χ4n) is 1.63. The van der Waals surface area contributed by atoms with Gasteiger partial charge in [0.1, 0.15) is 12.4 Å². The van der Waals surface area contributed by atoms with Gasteiger partial charge in [-0.1, -0.05) is 23.9 Å². The summed E-state index contributed by atoms with van der Waals surface area (Å²) in [6.07, 6.45) is 0.351. The van der Waals surface area contributed by atoms with Crippen molar-refractivity contribution in [1.82, 2.24) is 35.7 Å². The van der Waals surface area contributed by atoms with Crippen LogP contribution in [-0.4, -0.2) is 53.6 Å². The summed E-state index contributed by atoms with van der Waals surface area (Å²) in [7, 11) is 0. The standard InChI is InChI=1S/C13H16N8O4/c1-3-10(22)25-18-8(2)14-7-5-4-6-9-11(23)21(13(24)15-9)12-16-19-20-17-12/h23H,3,6-7H2,1-2H3,(H,14,18)(H,15,24)(H,16,17,19,20). The average molecular weight is 348 g/mol. The largest absolute Gasteiger partial charge is 0.493 e. The molecule has 0 bridgehead atoms. The number of rotatable bonds is 4. The van der Waals surface area contributed by atoms with Gasteiger partial charge in [-0.3, -0.25) is 4.99 Å². The Morgan fingerprint density at radius 3 is 2.96 bits per heavy atom. The van der Waals surface area contributed by atoms with Gasteiger partial charge in [0.25, 0.3) is 5.95 Å². The molecule has 0 saturated carbocycles. The van der Waals surface area contributed by atoms with Crippen LogP contribution in [0.4, 0.5) is 0 Å². The normalized spacial score (nSPS) is 10.9. The maximum atomic E-state index is 11.8. The van der Waals surface area contributed by atoms with E-state index in [0.29, 0.717) is 5.84 Å². The number of aromatic hydroxyl groups is 1. The van der Waals surface area contributed by atoms with Gasteiger partial charge in [-0.15, -0.1) is 5.10 Å². The van der Waals surface area contributed by atoms with Gasteiger partial charge in [0, 0.05) is 6.42 Å². The van der Waals surface area contributed by atoms with E-state index in [1.54, 1.807) is 13.8 Å². The number of aromatic nitrogens is 6. The van der Waals surface area contributed by atoms with Crippen LogP contribution in [0.5, 0.6) is 5.88 Å². The number of nitrogens with zero attached hydrogens (tertiary/aromatic N) is 5. The molecule has 0 fully saturated rings. The fraction of sp³-hybridized carbons (Fsp3) is 0.385. The van der Waals surface area contributed by atoms with Crippen LogP contribution in [0.15, 0.2) is 9.79 Å². The number of amidine groups is 1. The minimum Gasteiger partial charge on any atom is -0.493 e. The molecule has 0 unspecified atom stereocenters. The van der Waals surface area contributed by atoms with Crippen molar-refractivity contribution in [1.29, 1.82) is 0 Å². The van der Waals surface area contributed by atoms with Crippen molar-refractivity contribution in [3.63, 3.8) is 0 Å². The lowest BCUT2D eigenvalue weighted by atomic mass is 10.3. The minimum atomic E-state index is -0.605. The van der Waals surface area contributed by atoms with Gasteiger partial charge in [0.15, 0.2) is 0 Å². The predicted molar refractivity (Wildman–Crippen MR) is 84.8 cm³/mol. The number of H-pyrrole nitrogens is 2. The number of aromatic amines is 2. The van der Waals surface area contributed by atoms with E-state index in [9.17, 15) is 14.7 Å². The van der Waals surface area contributed by atoms with Crippen molar-refractivity contribution < 1.29 is 14.7 Å². The van der Waals surface area contributed by atoms with Gasteiger partial charge in [-0.25, -0.2) is 15.1 Å². The van der Waals surface area contributed by atoms with E-state index < -0.39 is 11.7 Å². The van der Waals surface area contributed by atoms with E-state index in [2.05, 4.69) is 52.8 Å². The number of hydrogen-bond acceptors (Lipinski definition) is 8. The lowest BCUT2D eigenvalue weighted by Crippen LogP contribution is -2.24. The second kappa shape index (κ2) is 8.29. The number of aliphatic imine (C=N–C) groups is 1. The number of carbonyl (C=O) groups excluding carboxylic acids is 1. The zero-order chi connectivity index (χ0) is 18.2. The molecule has 0 aromatic carbocycles. The van der Waals surface area contributed by atoms with E-state index in [1.165, 1.54) is 0 Å². The maximum Gasteiger partial charge on any atom is 0.335 e. The lowest BCUT2D eigenvalue weighted by molar-refractivity contribution is -0.147. The third-order valence-corrected chi connectivity index (χ3v) is 2.86. The van der Waals surface area contributed by atoms with Crippen molar-refractivity contribution >= 4 is 11.8 Å². The van der Waals surface area contributed by atoms with Gasteiger partial charge >= 0.3 is 11.7 Å². The van der Waals surface area contributed by atoms with E-state index in [1.807, 2.05) is 0 Å². The molecule has 2 aromatic heterocycles. The third-order valence-electron chi connectivity index (χ3n) is 2.86. The van der Waals surface area contributed by atoms with Crippen LogP contribution in [0, 0.1) is 11.8 Å². The highest BCUT2D eigenvalue weighted by molar-refractivity contribution is 5.80. The Balaban J connectivity index is 1.93. The summed E-state index contributed by atoms with van der Waals surface area (Å²) in [5, 5.41) is 22.8. The van der Waals surface area contributed by atoms with Crippen LogP contribution >= 0.6 is 0 Å². The first-order chi connectivity index (χ1) is 12.0. The number of tetrazole rings is 1. The Bertz CT molecular complexity index is 868. The average Bonchev–Trinajstić information content (AvgIpc) is 3.20. The molecule has 0 radical (unpaired) electrons. The number of hydroxylamine groups is 1. The van der Waals surface area contributed by atoms with Crippen LogP contribution in [0.1, 0.15) is 26.0 Å². The van der Waals surface area contributed by atoms with Crippen molar-refractivity contribution in [2.45, 2.75) is 26.7 Å². The molecule has 4 N–H and O–H groups in total. The summed E-state index contributed by atoms with van der Waals surface area (Å²) in [6.45, 7) is 3.45. The van der Waals surface area contributed by atoms with Crippen molar-refractivity contribution in [3.8, 4) is 23.7 Å². The first kappa shape index (κ1) is 17.7. The second-order valence-electron chi connectivity index (χ2n) is 4.64. The Kier molecular flexibility index (Phi) is 5.88. The summed E-state index contributed by atoms with van der Waals surface area (Å²) < 4.78 is 0.870. The fourth-order valence-corrected chi connectivity index (χ4v) is 1.63. The molecule has 25 heavy (non-hydrogen) atoms. The summed E-state index contributed by atoms with van der Waals surface area (Å²) in [4.78, 5) is 33.9. The van der Waals surface area contributed by atoms with Crippen LogP contribution in [0.3, 0.4) is 0 Å². The summed E-state index contributed by atoms with van der Waals surface area (Å²) in [6, 6.07) is 0. The molecule has 2 heterocycles. The van der Waals surface area contributed by atoms with Crippen molar-refractivity contribution in [2.24, 2.45) is 4.99 Å². The van der Waals surface area contributed by atoms with E-state index in [-0.39, 0.29) is 36.9 Å². The smallest absolute Gasteiger partial charge is 0.335 e.